The molecule has 0 spiro atoms. The molecule has 0 saturated heterocycles. The molecule has 1 fully saturated rings. The van der Waals surface area contributed by atoms with Crippen LogP contribution in [0.25, 0.3) is 0 Å². The van der Waals surface area contributed by atoms with E-state index in [1.165, 1.54) is 30.4 Å². The molecule has 2 rings (SSSR count). The van der Waals surface area contributed by atoms with E-state index in [9.17, 15) is 0 Å². The molecule has 1 unspecified atom stereocenters. The maximum atomic E-state index is 6.02. The largest absolute Gasteiger partial charge is 0.493 e. The Morgan fingerprint density at radius 2 is 2.17 bits per heavy atom. The van der Waals surface area contributed by atoms with Crippen LogP contribution < -0.4 is 10.5 Å². The lowest BCUT2D eigenvalue weighted by atomic mass is 9.86. The zero-order chi connectivity index (χ0) is 13.0. The van der Waals surface area contributed by atoms with Crippen molar-refractivity contribution in [3.8, 4) is 5.75 Å². The van der Waals surface area contributed by atoms with E-state index in [0.717, 1.165) is 31.2 Å². The lowest BCUT2D eigenvalue weighted by Gasteiger charge is -2.26. The highest BCUT2D eigenvalue weighted by atomic mass is 16.5. The molecule has 0 aliphatic heterocycles. The molecule has 0 heterocycles. The van der Waals surface area contributed by atoms with Crippen LogP contribution in [0.2, 0.25) is 0 Å². The standard InChI is InChI=1S/C16H25NO/c1-12-6-7-16(18-11-14-4-3-5-14)15(10-12)13(2)8-9-17/h6-7,10,13-14H,3-5,8-9,11,17H2,1-2H3. The second-order valence-corrected chi connectivity index (χ2v) is 5.63. The normalized spacial score (nSPS) is 17.3. The number of nitrogens with two attached hydrogens (primary N) is 1. The predicted octanol–water partition coefficient (Wildman–Crippen LogP) is 3.63. The van der Waals surface area contributed by atoms with Gasteiger partial charge in [0.1, 0.15) is 5.75 Å². The summed E-state index contributed by atoms with van der Waals surface area (Å²) in [7, 11) is 0. The van der Waals surface area contributed by atoms with Gasteiger partial charge in [0.2, 0.25) is 0 Å². The molecule has 0 radical (unpaired) electrons. The molecule has 1 aromatic carbocycles. The number of hydrogen-bond acceptors (Lipinski definition) is 2. The van der Waals surface area contributed by atoms with Crippen LogP contribution in [0.5, 0.6) is 5.75 Å². The molecule has 0 amide bonds. The quantitative estimate of drug-likeness (QED) is 0.833. The lowest BCUT2D eigenvalue weighted by Crippen LogP contribution is -2.20. The van der Waals surface area contributed by atoms with Gasteiger partial charge in [0, 0.05) is 0 Å². The van der Waals surface area contributed by atoms with E-state index < -0.39 is 0 Å². The summed E-state index contributed by atoms with van der Waals surface area (Å²) in [5, 5.41) is 0. The van der Waals surface area contributed by atoms with Gasteiger partial charge in [0.15, 0.2) is 0 Å². The Bertz CT molecular complexity index is 385. The van der Waals surface area contributed by atoms with Crippen molar-refractivity contribution in [2.75, 3.05) is 13.2 Å². The van der Waals surface area contributed by atoms with E-state index in [1.54, 1.807) is 0 Å². The Labute approximate surface area is 111 Å². The SMILES string of the molecule is Cc1ccc(OCC2CCC2)c(C(C)CCN)c1. The second-order valence-electron chi connectivity index (χ2n) is 5.63. The summed E-state index contributed by atoms with van der Waals surface area (Å²) in [6.07, 6.45) is 5.06. The van der Waals surface area contributed by atoms with Gasteiger partial charge in [0.25, 0.3) is 0 Å². The van der Waals surface area contributed by atoms with Crippen LogP contribution in [0, 0.1) is 12.8 Å². The van der Waals surface area contributed by atoms with Gasteiger partial charge in [-0.3, -0.25) is 0 Å². The zero-order valence-corrected chi connectivity index (χ0v) is 11.6. The predicted molar refractivity (Wildman–Crippen MR) is 76.1 cm³/mol. The first-order valence-corrected chi connectivity index (χ1v) is 7.14. The number of benzene rings is 1. The molecule has 0 bridgehead atoms. The van der Waals surface area contributed by atoms with E-state index in [0.29, 0.717) is 5.92 Å². The molecule has 2 heteroatoms. The molecule has 2 nitrogen and oxygen atoms in total. The first kappa shape index (κ1) is 13.4. The van der Waals surface area contributed by atoms with Gasteiger partial charge in [-0.25, -0.2) is 0 Å². The number of hydrogen-bond donors (Lipinski definition) is 1. The lowest BCUT2D eigenvalue weighted by molar-refractivity contribution is 0.179. The zero-order valence-electron chi connectivity index (χ0n) is 11.6. The maximum absolute atomic E-state index is 6.02. The Morgan fingerprint density at radius 1 is 1.39 bits per heavy atom. The van der Waals surface area contributed by atoms with Gasteiger partial charge >= 0.3 is 0 Å². The minimum Gasteiger partial charge on any atom is -0.493 e. The second kappa shape index (κ2) is 6.24. The third kappa shape index (κ3) is 3.26. The fourth-order valence-corrected chi connectivity index (χ4v) is 2.46. The van der Waals surface area contributed by atoms with Crippen molar-refractivity contribution >= 4 is 0 Å². The number of rotatable bonds is 6. The Kier molecular flexibility index (Phi) is 4.65. The van der Waals surface area contributed by atoms with Gasteiger partial charge in [-0.2, -0.15) is 0 Å². The van der Waals surface area contributed by atoms with Crippen molar-refractivity contribution < 1.29 is 4.74 Å². The van der Waals surface area contributed by atoms with Crippen LogP contribution in [0.15, 0.2) is 18.2 Å². The van der Waals surface area contributed by atoms with Crippen molar-refractivity contribution in [3.05, 3.63) is 29.3 Å². The maximum Gasteiger partial charge on any atom is 0.122 e. The molecule has 1 atom stereocenters. The minimum atomic E-state index is 0.478. The van der Waals surface area contributed by atoms with E-state index in [1.807, 2.05) is 0 Å². The van der Waals surface area contributed by atoms with Gasteiger partial charge in [-0.15, -0.1) is 0 Å². The van der Waals surface area contributed by atoms with E-state index in [4.69, 9.17) is 10.5 Å². The van der Waals surface area contributed by atoms with Crippen molar-refractivity contribution in [2.45, 2.75) is 45.4 Å². The van der Waals surface area contributed by atoms with Crippen LogP contribution in [-0.2, 0) is 0 Å². The van der Waals surface area contributed by atoms with Crippen LogP contribution in [0.1, 0.15) is 49.7 Å². The van der Waals surface area contributed by atoms with Crippen molar-refractivity contribution in [3.63, 3.8) is 0 Å². The average molecular weight is 247 g/mol. The molecule has 100 valence electrons. The van der Waals surface area contributed by atoms with Crippen molar-refractivity contribution in [1.82, 2.24) is 0 Å². The smallest absolute Gasteiger partial charge is 0.122 e. The molecule has 1 saturated carbocycles. The van der Waals surface area contributed by atoms with Crippen LogP contribution in [-0.4, -0.2) is 13.2 Å². The van der Waals surface area contributed by atoms with E-state index in [2.05, 4.69) is 32.0 Å². The van der Waals surface area contributed by atoms with Gasteiger partial charge in [-0.1, -0.05) is 31.0 Å². The molecule has 1 aliphatic carbocycles. The molecular weight excluding hydrogens is 222 g/mol. The van der Waals surface area contributed by atoms with Crippen LogP contribution >= 0.6 is 0 Å². The average Bonchev–Trinajstić information content (AvgIpc) is 2.29. The van der Waals surface area contributed by atoms with Crippen molar-refractivity contribution in [1.29, 1.82) is 0 Å². The first-order chi connectivity index (χ1) is 8.70. The summed E-state index contributed by atoms with van der Waals surface area (Å²) in [6.45, 7) is 5.98. The minimum absolute atomic E-state index is 0.478. The highest BCUT2D eigenvalue weighted by Gasteiger charge is 2.19. The monoisotopic (exact) mass is 247 g/mol. The summed E-state index contributed by atoms with van der Waals surface area (Å²) < 4.78 is 6.02. The van der Waals surface area contributed by atoms with Crippen LogP contribution in [0.3, 0.4) is 0 Å². The highest BCUT2D eigenvalue weighted by Crippen LogP contribution is 2.32. The fourth-order valence-electron chi connectivity index (χ4n) is 2.46. The van der Waals surface area contributed by atoms with Crippen molar-refractivity contribution in [2.24, 2.45) is 11.7 Å². The molecule has 0 aromatic heterocycles. The highest BCUT2D eigenvalue weighted by molar-refractivity contribution is 5.39. The van der Waals surface area contributed by atoms with Gasteiger partial charge in [0.05, 0.1) is 6.61 Å². The Balaban J connectivity index is 2.06. The summed E-state index contributed by atoms with van der Waals surface area (Å²) >= 11 is 0. The fraction of sp³-hybridized carbons (Fsp3) is 0.625. The number of ether oxygens (including phenoxy) is 1. The van der Waals surface area contributed by atoms with Gasteiger partial charge < -0.3 is 10.5 Å². The molecule has 1 aromatic rings. The summed E-state index contributed by atoms with van der Waals surface area (Å²) in [5.74, 6) is 2.32. The Morgan fingerprint density at radius 3 is 2.78 bits per heavy atom. The number of aryl methyl sites for hydroxylation is 1. The first-order valence-electron chi connectivity index (χ1n) is 7.14. The summed E-state index contributed by atoms with van der Waals surface area (Å²) in [5.41, 5.74) is 8.28. The Hall–Kier alpha value is -1.02. The summed E-state index contributed by atoms with van der Waals surface area (Å²) in [4.78, 5) is 0. The third-order valence-electron chi connectivity index (χ3n) is 4.00. The topological polar surface area (TPSA) is 35.2 Å². The molecule has 18 heavy (non-hydrogen) atoms. The van der Waals surface area contributed by atoms with E-state index in [-0.39, 0.29) is 0 Å². The summed E-state index contributed by atoms with van der Waals surface area (Å²) in [6, 6.07) is 6.50. The molecular formula is C16H25NO. The van der Waals surface area contributed by atoms with E-state index >= 15 is 0 Å². The molecule has 1 aliphatic rings. The van der Waals surface area contributed by atoms with Crippen LogP contribution in [0.4, 0.5) is 0 Å². The van der Waals surface area contributed by atoms with Gasteiger partial charge in [-0.05, 0) is 56.2 Å². The third-order valence-corrected chi connectivity index (χ3v) is 4.00. The molecule has 2 N–H and O–H groups in total.